The first-order valence-electron chi connectivity index (χ1n) is 3.97. The summed E-state index contributed by atoms with van der Waals surface area (Å²) < 4.78 is 0. The van der Waals surface area contributed by atoms with Gasteiger partial charge in [0.25, 0.3) is 0 Å². The molecule has 1 aromatic carbocycles. The van der Waals surface area contributed by atoms with E-state index < -0.39 is 0 Å². The molecule has 1 aliphatic rings. The van der Waals surface area contributed by atoms with Gasteiger partial charge in [-0.05, 0) is 12.8 Å². The fraction of sp³-hybridized carbons (Fsp3) is 0.300. The van der Waals surface area contributed by atoms with Crippen molar-refractivity contribution in [1.82, 2.24) is 0 Å². The van der Waals surface area contributed by atoms with Crippen LogP contribution in [0.25, 0.3) is 0 Å². The Balaban J connectivity index is 2.22. The van der Waals surface area contributed by atoms with Gasteiger partial charge in [0.15, 0.2) is 5.78 Å². The highest BCUT2D eigenvalue weighted by Gasteiger charge is 2.29. The Kier molecular flexibility index (Phi) is 1.50. The first-order chi connectivity index (χ1) is 5.38. The Hall–Kier alpha value is -1.11. The molecule has 0 aromatic heterocycles. The van der Waals surface area contributed by atoms with E-state index in [0.717, 1.165) is 18.4 Å². The zero-order valence-electron chi connectivity index (χ0n) is 6.29. The molecule has 0 atom stereocenters. The van der Waals surface area contributed by atoms with Crippen molar-refractivity contribution in [2.45, 2.75) is 12.8 Å². The third-order valence-corrected chi connectivity index (χ3v) is 2.01. The number of rotatable bonds is 2. The molecule has 0 aliphatic heterocycles. The summed E-state index contributed by atoms with van der Waals surface area (Å²) in [6.45, 7) is 0. The van der Waals surface area contributed by atoms with Gasteiger partial charge in [-0.3, -0.25) is 4.79 Å². The van der Waals surface area contributed by atoms with Gasteiger partial charge in [0.2, 0.25) is 0 Å². The van der Waals surface area contributed by atoms with Crippen LogP contribution in [-0.4, -0.2) is 5.78 Å². The lowest BCUT2D eigenvalue weighted by molar-refractivity contribution is 0.0967. The fourth-order valence-electron chi connectivity index (χ4n) is 1.18. The number of carbonyl (C=O) groups excluding carboxylic acids is 1. The van der Waals surface area contributed by atoms with Crippen molar-refractivity contribution < 1.29 is 4.79 Å². The number of benzene rings is 1. The lowest BCUT2D eigenvalue weighted by Gasteiger charge is -1.95. The van der Waals surface area contributed by atoms with Crippen LogP contribution in [0, 0.1) is 5.92 Å². The Morgan fingerprint density at radius 1 is 1.18 bits per heavy atom. The topological polar surface area (TPSA) is 17.1 Å². The standard InChI is InChI=1S/C10H10O/c11-10(9-6-7-9)8-4-2-1-3-5-8/h1-5,9H,6-7H2. The van der Waals surface area contributed by atoms with Gasteiger partial charge in [0.05, 0.1) is 0 Å². The fourth-order valence-corrected chi connectivity index (χ4v) is 1.18. The maximum atomic E-state index is 11.4. The Morgan fingerprint density at radius 2 is 1.82 bits per heavy atom. The normalized spacial score (nSPS) is 16.4. The van der Waals surface area contributed by atoms with Crippen LogP contribution in [0.3, 0.4) is 0 Å². The van der Waals surface area contributed by atoms with Crippen molar-refractivity contribution >= 4 is 5.78 Å². The molecule has 0 N–H and O–H groups in total. The van der Waals surface area contributed by atoms with Crippen LogP contribution in [0.2, 0.25) is 0 Å². The van der Waals surface area contributed by atoms with E-state index in [1.54, 1.807) is 0 Å². The Morgan fingerprint density at radius 3 is 2.36 bits per heavy atom. The molecule has 2 rings (SSSR count). The molecule has 1 aliphatic carbocycles. The second kappa shape index (κ2) is 2.50. The minimum absolute atomic E-state index is 0.325. The van der Waals surface area contributed by atoms with E-state index in [4.69, 9.17) is 0 Å². The first-order valence-corrected chi connectivity index (χ1v) is 3.97. The Bertz CT molecular complexity index is 259. The largest absolute Gasteiger partial charge is 0.294 e. The van der Waals surface area contributed by atoms with E-state index in [9.17, 15) is 4.79 Å². The van der Waals surface area contributed by atoms with E-state index in [1.807, 2.05) is 30.3 Å². The van der Waals surface area contributed by atoms with Gasteiger partial charge in [-0.25, -0.2) is 0 Å². The second-order valence-electron chi connectivity index (χ2n) is 3.00. The van der Waals surface area contributed by atoms with Crippen LogP contribution in [-0.2, 0) is 0 Å². The third kappa shape index (κ3) is 1.32. The van der Waals surface area contributed by atoms with Gasteiger partial charge < -0.3 is 0 Å². The zero-order valence-corrected chi connectivity index (χ0v) is 6.29. The third-order valence-electron chi connectivity index (χ3n) is 2.01. The summed E-state index contributed by atoms with van der Waals surface area (Å²) in [5.74, 6) is 0.669. The van der Waals surface area contributed by atoms with Gasteiger partial charge >= 0.3 is 0 Å². The lowest BCUT2D eigenvalue weighted by atomic mass is 10.1. The van der Waals surface area contributed by atoms with Crippen LogP contribution < -0.4 is 0 Å². The number of hydrogen-bond donors (Lipinski definition) is 0. The number of ketones is 1. The minimum atomic E-state index is 0.325. The summed E-state index contributed by atoms with van der Waals surface area (Å²) in [6.07, 6.45) is 2.18. The summed E-state index contributed by atoms with van der Waals surface area (Å²) >= 11 is 0. The maximum Gasteiger partial charge on any atom is 0.165 e. The molecule has 0 spiro atoms. The highest BCUT2D eigenvalue weighted by atomic mass is 16.1. The smallest absolute Gasteiger partial charge is 0.165 e. The molecule has 1 nitrogen and oxygen atoms in total. The molecule has 56 valence electrons. The van der Waals surface area contributed by atoms with E-state index in [-0.39, 0.29) is 0 Å². The summed E-state index contributed by atoms with van der Waals surface area (Å²) in [5, 5.41) is 0. The summed E-state index contributed by atoms with van der Waals surface area (Å²) in [7, 11) is 0. The average Bonchev–Trinajstić information content (AvgIpc) is 2.87. The molecule has 1 saturated carbocycles. The molecule has 0 amide bonds. The summed E-state index contributed by atoms with van der Waals surface area (Å²) in [6, 6.07) is 9.54. The minimum Gasteiger partial charge on any atom is -0.294 e. The van der Waals surface area contributed by atoms with Crippen molar-refractivity contribution in [3.8, 4) is 0 Å². The highest BCUT2D eigenvalue weighted by Crippen LogP contribution is 2.32. The number of Topliss-reactive ketones (excluding diaryl/α,β-unsaturated/α-hetero) is 1. The second-order valence-corrected chi connectivity index (χ2v) is 3.00. The van der Waals surface area contributed by atoms with E-state index in [1.165, 1.54) is 0 Å². The van der Waals surface area contributed by atoms with Gasteiger partial charge in [0, 0.05) is 11.5 Å². The first kappa shape index (κ1) is 6.59. The predicted molar refractivity (Wildman–Crippen MR) is 43.5 cm³/mol. The van der Waals surface area contributed by atoms with Gasteiger partial charge in [0.1, 0.15) is 0 Å². The highest BCUT2D eigenvalue weighted by molar-refractivity contribution is 5.99. The van der Waals surface area contributed by atoms with Crippen molar-refractivity contribution in [1.29, 1.82) is 0 Å². The average molecular weight is 146 g/mol. The molecule has 0 saturated heterocycles. The zero-order chi connectivity index (χ0) is 7.68. The van der Waals surface area contributed by atoms with Crippen LogP contribution >= 0.6 is 0 Å². The van der Waals surface area contributed by atoms with E-state index in [2.05, 4.69) is 0 Å². The van der Waals surface area contributed by atoms with E-state index >= 15 is 0 Å². The molecule has 0 radical (unpaired) electrons. The van der Waals surface area contributed by atoms with Crippen LogP contribution in [0.1, 0.15) is 23.2 Å². The molecule has 0 unspecified atom stereocenters. The Labute approximate surface area is 66.0 Å². The lowest BCUT2D eigenvalue weighted by Crippen LogP contribution is -1.99. The molecule has 11 heavy (non-hydrogen) atoms. The van der Waals surface area contributed by atoms with Gasteiger partial charge in [-0.1, -0.05) is 30.3 Å². The summed E-state index contributed by atoms with van der Waals surface area (Å²) in [5.41, 5.74) is 0.870. The molecule has 0 bridgehead atoms. The molecule has 1 aromatic rings. The maximum absolute atomic E-state index is 11.4. The SMILES string of the molecule is O=C(c1ccccc1)C1CC1. The molecular formula is C10H10O. The van der Waals surface area contributed by atoms with Crippen LogP contribution in [0.5, 0.6) is 0 Å². The van der Waals surface area contributed by atoms with Crippen molar-refractivity contribution in [3.63, 3.8) is 0 Å². The van der Waals surface area contributed by atoms with Crippen LogP contribution in [0.15, 0.2) is 30.3 Å². The van der Waals surface area contributed by atoms with Crippen molar-refractivity contribution in [2.24, 2.45) is 5.92 Å². The molecule has 1 heteroatoms. The number of hydrogen-bond acceptors (Lipinski definition) is 1. The van der Waals surface area contributed by atoms with Gasteiger partial charge in [-0.2, -0.15) is 0 Å². The summed E-state index contributed by atoms with van der Waals surface area (Å²) in [4.78, 5) is 11.4. The van der Waals surface area contributed by atoms with Crippen LogP contribution in [0.4, 0.5) is 0 Å². The van der Waals surface area contributed by atoms with E-state index in [0.29, 0.717) is 11.7 Å². The number of carbonyl (C=O) groups is 1. The molecule has 1 fully saturated rings. The molecular weight excluding hydrogens is 136 g/mol. The van der Waals surface area contributed by atoms with Gasteiger partial charge in [-0.15, -0.1) is 0 Å². The monoisotopic (exact) mass is 146 g/mol. The predicted octanol–water partition coefficient (Wildman–Crippen LogP) is 2.28. The quantitative estimate of drug-likeness (QED) is 0.585. The van der Waals surface area contributed by atoms with Crippen molar-refractivity contribution in [3.05, 3.63) is 35.9 Å². The van der Waals surface area contributed by atoms with Crippen molar-refractivity contribution in [2.75, 3.05) is 0 Å². The molecule has 0 heterocycles.